The highest BCUT2D eigenvalue weighted by Crippen LogP contribution is 2.04. The van der Waals surface area contributed by atoms with Gasteiger partial charge in [-0.05, 0) is 17.7 Å². The molecule has 0 aliphatic carbocycles. The normalized spacial score (nSPS) is 10.4. The highest BCUT2D eigenvalue weighted by molar-refractivity contribution is 5.87. The third kappa shape index (κ3) is 3.15. The second-order valence-electron chi connectivity index (χ2n) is 3.68. The van der Waals surface area contributed by atoms with Crippen LogP contribution < -0.4 is 5.32 Å². The van der Waals surface area contributed by atoms with E-state index in [9.17, 15) is 4.79 Å². The first-order valence-corrected chi connectivity index (χ1v) is 5.26. The van der Waals surface area contributed by atoms with Gasteiger partial charge < -0.3 is 15.4 Å². The molecule has 0 atom stereocenters. The lowest BCUT2D eigenvalue weighted by Gasteiger charge is -2.03. The molecule has 0 radical (unpaired) electrons. The molecule has 0 spiro atoms. The lowest BCUT2D eigenvalue weighted by atomic mass is 10.1. The van der Waals surface area contributed by atoms with E-state index in [-0.39, 0.29) is 0 Å². The second-order valence-corrected chi connectivity index (χ2v) is 3.68. The summed E-state index contributed by atoms with van der Waals surface area (Å²) in [6.07, 6.45) is 3.40. The number of nitrogens with one attached hydrogen (secondary N) is 2. The summed E-state index contributed by atoms with van der Waals surface area (Å²) in [5.41, 5.74) is 2.38. The topological polar surface area (TPSA) is 78.0 Å². The fraction of sp³-hybridized carbons (Fsp3) is 0.167. The molecule has 0 saturated carbocycles. The van der Waals surface area contributed by atoms with E-state index in [1.165, 1.54) is 0 Å². The molecule has 1 heterocycles. The minimum absolute atomic E-state index is 0.308. The first-order valence-electron chi connectivity index (χ1n) is 5.26. The van der Waals surface area contributed by atoms with Crippen molar-refractivity contribution in [1.82, 2.24) is 15.3 Å². The maximum atomic E-state index is 10.7. The number of hydrogen-bond acceptors (Lipinski definition) is 3. The second kappa shape index (κ2) is 5.27. The Morgan fingerprint density at radius 1 is 1.29 bits per heavy atom. The quantitative estimate of drug-likeness (QED) is 0.726. The van der Waals surface area contributed by atoms with Crippen LogP contribution in [-0.4, -0.2) is 21.0 Å². The molecule has 2 rings (SSSR count). The van der Waals surface area contributed by atoms with Crippen LogP contribution in [0.2, 0.25) is 0 Å². The summed E-state index contributed by atoms with van der Waals surface area (Å²) in [7, 11) is 0. The van der Waals surface area contributed by atoms with Gasteiger partial charge in [0, 0.05) is 25.0 Å². The highest BCUT2D eigenvalue weighted by Gasteiger charge is 2.01. The molecule has 1 aromatic heterocycles. The van der Waals surface area contributed by atoms with Gasteiger partial charge in [-0.3, -0.25) is 0 Å². The van der Waals surface area contributed by atoms with Crippen LogP contribution in [-0.2, 0) is 13.1 Å². The molecule has 17 heavy (non-hydrogen) atoms. The van der Waals surface area contributed by atoms with Gasteiger partial charge >= 0.3 is 5.97 Å². The van der Waals surface area contributed by atoms with Crippen molar-refractivity contribution >= 4 is 5.97 Å². The van der Waals surface area contributed by atoms with Crippen molar-refractivity contribution in [2.24, 2.45) is 0 Å². The predicted octanol–water partition coefficient (Wildman–Crippen LogP) is 1.40. The van der Waals surface area contributed by atoms with Crippen molar-refractivity contribution in [3.05, 3.63) is 53.6 Å². The maximum absolute atomic E-state index is 10.7. The third-order valence-electron chi connectivity index (χ3n) is 2.40. The third-order valence-corrected chi connectivity index (χ3v) is 2.40. The maximum Gasteiger partial charge on any atom is 0.335 e. The van der Waals surface area contributed by atoms with Crippen molar-refractivity contribution < 1.29 is 9.90 Å². The molecule has 1 aromatic carbocycles. The number of aromatic nitrogens is 2. The van der Waals surface area contributed by atoms with Gasteiger partial charge in [-0.15, -0.1) is 0 Å². The average Bonchev–Trinajstić information content (AvgIpc) is 2.83. The summed E-state index contributed by atoms with van der Waals surface area (Å²) in [6.45, 7) is 1.40. The Hall–Kier alpha value is -2.14. The zero-order valence-electron chi connectivity index (χ0n) is 9.18. The van der Waals surface area contributed by atoms with Gasteiger partial charge in [-0.25, -0.2) is 9.78 Å². The van der Waals surface area contributed by atoms with Crippen LogP contribution in [0.25, 0.3) is 0 Å². The van der Waals surface area contributed by atoms with Gasteiger partial charge in [0.05, 0.1) is 11.9 Å². The lowest BCUT2D eigenvalue weighted by Crippen LogP contribution is -2.13. The molecular formula is C12H13N3O2. The van der Waals surface area contributed by atoms with Crippen molar-refractivity contribution in [1.29, 1.82) is 0 Å². The van der Waals surface area contributed by atoms with Gasteiger partial charge in [0.25, 0.3) is 0 Å². The number of nitrogens with zero attached hydrogens (tertiary/aromatic N) is 1. The number of imidazole rings is 1. The number of benzene rings is 1. The Morgan fingerprint density at radius 2 is 2.06 bits per heavy atom. The molecular weight excluding hydrogens is 218 g/mol. The van der Waals surface area contributed by atoms with E-state index in [4.69, 9.17) is 5.11 Å². The van der Waals surface area contributed by atoms with Crippen LogP contribution in [0.4, 0.5) is 0 Å². The number of H-pyrrole nitrogens is 1. The van der Waals surface area contributed by atoms with E-state index in [0.29, 0.717) is 18.7 Å². The van der Waals surface area contributed by atoms with Crippen LogP contribution in [0.15, 0.2) is 36.8 Å². The van der Waals surface area contributed by atoms with Crippen molar-refractivity contribution in [2.45, 2.75) is 13.1 Å². The van der Waals surface area contributed by atoms with Crippen LogP contribution in [0.5, 0.6) is 0 Å². The minimum atomic E-state index is -0.901. The van der Waals surface area contributed by atoms with Gasteiger partial charge in [0.2, 0.25) is 0 Å². The summed E-state index contributed by atoms with van der Waals surface area (Å²) in [5, 5.41) is 12.0. The monoisotopic (exact) mass is 231 g/mol. The number of aromatic carboxylic acids is 1. The Balaban J connectivity index is 1.85. The molecule has 5 nitrogen and oxygen atoms in total. The Kier molecular flexibility index (Phi) is 3.52. The van der Waals surface area contributed by atoms with E-state index >= 15 is 0 Å². The SMILES string of the molecule is O=C(O)c1ccc(CNCc2cnc[nH]2)cc1. The van der Waals surface area contributed by atoms with Gasteiger partial charge in [0.15, 0.2) is 0 Å². The largest absolute Gasteiger partial charge is 0.478 e. The van der Waals surface area contributed by atoms with Gasteiger partial charge in [0.1, 0.15) is 0 Å². The Morgan fingerprint density at radius 3 is 2.65 bits per heavy atom. The molecule has 0 fully saturated rings. The van der Waals surface area contributed by atoms with E-state index in [2.05, 4.69) is 15.3 Å². The van der Waals surface area contributed by atoms with E-state index in [0.717, 1.165) is 11.3 Å². The van der Waals surface area contributed by atoms with Crippen molar-refractivity contribution in [2.75, 3.05) is 0 Å². The molecule has 0 aliphatic rings. The molecule has 0 aliphatic heterocycles. The van der Waals surface area contributed by atoms with Crippen LogP contribution in [0, 0.1) is 0 Å². The average molecular weight is 231 g/mol. The van der Waals surface area contributed by atoms with E-state index < -0.39 is 5.97 Å². The number of rotatable bonds is 5. The molecule has 88 valence electrons. The van der Waals surface area contributed by atoms with Crippen molar-refractivity contribution in [3.63, 3.8) is 0 Å². The number of carbonyl (C=O) groups is 1. The summed E-state index contributed by atoms with van der Waals surface area (Å²) in [6, 6.07) is 6.83. The van der Waals surface area contributed by atoms with E-state index in [1.807, 2.05) is 12.1 Å². The minimum Gasteiger partial charge on any atom is -0.478 e. The fourth-order valence-corrected chi connectivity index (χ4v) is 1.49. The highest BCUT2D eigenvalue weighted by atomic mass is 16.4. The van der Waals surface area contributed by atoms with Crippen molar-refractivity contribution in [3.8, 4) is 0 Å². The molecule has 3 N–H and O–H groups in total. The molecule has 0 bridgehead atoms. The van der Waals surface area contributed by atoms with Crippen LogP contribution >= 0.6 is 0 Å². The van der Waals surface area contributed by atoms with Gasteiger partial charge in [-0.1, -0.05) is 12.1 Å². The summed E-state index contributed by atoms with van der Waals surface area (Å²) in [5.74, 6) is -0.901. The summed E-state index contributed by atoms with van der Waals surface area (Å²) < 4.78 is 0. The smallest absolute Gasteiger partial charge is 0.335 e. The molecule has 5 heteroatoms. The predicted molar refractivity (Wildman–Crippen MR) is 62.5 cm³/mol. The standard InChI is InChI=1S/C12H13N3O2/c16-12(17)10-3-1-9(2-4-10)5-13-6-11-7-14-8-15-11/h1-4,7-8,13H,5-6H2,(H,14,15)(H,16,17). The molecule has 0 amide bonds. The lowest BCUT2D eigenvalue weighted by molar-refractivity contribution is 0.0697. The zero-order valence-corrected chi connectivity index (χ0v) is 9.18. The summed E-state index contributed by atoms with van der Waals surface area (Å²) in [4.78, 5) is 17.6. The zero-order chi connectivity index (χ0) is 12.1. The number of hydrogen-bond donors (Lipinski definition) is 3. The van der Waals surface area contributed by atoms with Crippen LogP contribution in [0.1, 0.15) is 21.6 Å². The number of carboxylic acids is 1. The molecule has 0 saturated heterocycles. The fourth-order valence-electron chi connectivity index (χ4n) is 1.49. The first kappa shape index (κ1) is 11.3. The number of aromatic amines is 1. The molecule has 0 unspecified atom stereocenters. The molecule has 2 aromatic rings. The van der Waals surface area contributed by atoms with E-state index in [1.54, 1.807) is 24.7 Å². The Labute approximate surface area is 98.5 Å². The van der Waals surface area contributed by atoms with Gasteiger partial charge in [-0.2, -0.15) is 0 Å². The van der Waals surface area contributed by atoms with Crippen LogP contribution in [0.3, 0.4) is 0 Å². The Bertz CT molecular complexity index is 477. The number of carboxylic acid groups (broad SMARTS) is 1. The summed E-state index contributed by atoms with van der Waals surface area (Å²) >= 11 is 0. The first-order chi connectivity index (χ1) is 8.25.